The summed E-state index contributed by atoms with van der Waals surface area (Å²) in [7, 11) is 0. The Morgan fingerprint density at radius 1 is 1.20 bits per heavy atom. The van der Waals surface area contributed by atoms with Crippen LogP contribution in [-0.2, 0) is 0 Å². The Morgan fingerprint density at radius 3 is 2.25 bits per heavy atom. The van der Waals surface area contributed by atoms with Crippen LogP contribution in [0.25, 0.3) is 0 Å². The van der Waals surface area contributed by atoms with Crippen LogP contribution in [0, 0.1) is 17.7 Å². The van der Waals surface area contributed by atoms with Gasteiger partial charge in [-0.3, -0.25) is 9.69 Å². The topological polar surface area (TPSA) is 40.5 Å². The Balaban J connectivity index is 2.81. The molecule has 0 amide bonds. The van der Waals surface area contributed by atoms with Crippen molar-refractivity contribution in [3.8, 4) is 5.75 Å². The van der Waals surface area contributed by atoms with E-state index in [0.29, 0.717) is 11.8 Å². The molecule has 20 heavy (non-hydrogen) atoms. The van der Waals surface area contributed by atoms with Crippen LogP contribution in [0.5, 0.6) is 5.75 Å². The smallest absolute Gasteiger partial charge is 0.180 e. The van der Waals surface area contributed by atoms with Gasteiger partial charge in [0.25, 0.3) is 0 Å². The van der Waals surface area contributed by atoms with E-state index in [1.807, 2.05) is 0 Å². The number of ketones is 1. The number of benzene rings is 1. The van der Waals surface area contributed by atoms with Crippen LogP contribution in [-0.4, -0.2) is 35.4 Å². The van der Waals surface area contributed by atoms with E-state index >= 15 is 0 Å². The van der Waals surface area contributed by atoms with Gasteiger partial charge in [-0.05, 0) is 30.0 Å². The molecule has 0 aliphatic carbocycles. The number of phenols is 1. The molecular formula is C16H24FNO2. The Bertz CT molecular complexity index is 448. The molecule has 0 bridgehead atoms. The first-order chi connectivity index (χ1) is 9.29. The second-order valence-electron chi connectivity index (χ2n) is 6.07. The number of nitrogens with zero attached hydrogens (tertiary/aromatic N) is 1. The molecule has 0 fully saturated rings. The van der Waals surface area contributed by atoms with Gasteiger partial charge in [0.2, 0.25) is 0 Å². The Morgan fingerprint density at radius 2 is 1.75 bits per heavy atom. The molecule has 0 saturated heterocycles. The van der Waals surface area contributed by atoms with Crippen molar-refractivity contribution in [1.29, 1.82) is 0 Å². The molecule has 0 aliphatic rings. The van der Waals surface area contributed by atoms with E-state index in [4.69, 9.17) is 0 Å². The molecule has 1 rings (SSSR count). The maximum absolute atomic E-state index is 13.2. The predicted octanol–water partition coefficient (Wildman–Crippen LogP) is 3.33. The maximum Gasteiger partial charge on any atom is 0.180 e. The summed E-state index contributed by atoms with van der Waals surface area (Å²) in [4.78, 5) is 14.3. The van der Waals surface area contributed by atoms with Gasteiger partial charge >= 0.3 is 0 Å². The summed E-state index contributed by atoms with van der Waals surface area (Å²) in [6, 6.07) is 3.46. The maximum atomic E-state index is 13.2. The molecule has 0 unspecified atom stereocenters. The molecule has 0 heterocycles. The molecule has 0 aromatic heterocycles. The summed E-state index contributed by atoms with van der Waals surface area (Å²) in [6.45, 7) is 10.2. The van der Waals surface area contributed by atoms with E-state index in [-0.39, 0.29) is 23.6 Å². The normalized spacial score (nSPS) is 11.6. The van der Waals surface area contributed by atoms with Crippen molar-refractivity contribution in [2.75, 3.05) is 19.6 Å². The van der Waals surface area contributed by atoms with Gasteiger partial charge in [0, 0.05) is 13.1 Å². The number of rotatable bonds is 7. The van der Waals surface area contributed by atoms with Crippen molar-refractivity contribution in [1.82, 2.24) is 4.90 Å². The van der Waals surface area contributed by atoms with Gasteiger partial charge in [-0.1, -0.05) is 27.7 Å². The first-order valence-corrected chi connectivity index (χ1v) is 7.03. The van der Waals surface area contributed by atoms with Crippen molar-refractivity contribution < 1.29 is 14.3 Å². The van der Waals surface area contributed by atoms with Gasteiger partial charge in [0.15, 0.2) is 5.78 Å². The van der Waals surface area contributed by atoms with E-state index in [9.17, 15) is 14.3 Å². The van der Waals surface area contributed by atoms with Crippen molar-refractivity contribution >= 4 is 5.78 Å². The molecule has 0 radical (unpaired) electrons. The Kier molecular flexibility index (Phi) is 6.14. The van der Waals surface area contributed by atoms with Gasteiger partial charge < -0.3 is 5.11 Å². The molecule has 0 aliphatic heterocycles. The third kappa shape index (κ3) is 5.29. The lowest BCUT2D eigenvalue weighted by molar-refractivity contribution is 0.0909. The van der Waals surface area contributed by atoms with Crippen molar-refractivity contribution in [2.24, 2.45) is 11.8 Å². The first kappa shape index (κ1) is 16.6. The fourth-order valence-electron chi connectivity index (χ4n) is 2.26. The summed E-state index contributed by atoms with van der Waals surface area (Å²) in [5, 5.41) is 9.68. The third-order valence-electron chi connectivity index (χ3n) is 2.87. The quantitative estimate of drug-likeness (QED) is 0.779. The van der Waals surface area contributed by atoms with Crippen LogP contribution in [0.2, 0.25) is 0 Å². The lowest BCUT2D eigenvalue weighted by Gasteiger charge is -2.25. The highest BCUT2D eigenvalue weighted by Crippen LogP contribution is 2.19. The number of carbonyl (C=O) groups excluding carboxylic acids is 1. The SMILES string of the molecule is CC(C)CN(CC(=O)c1cc(F)ccc1O)CC(C)C. The molecule has 112 valence electrons. The second kappa shape index (κ2) is 7.39. The monoisotopic (exact) mass is 281 g/mol. The number of halogens is 1. The molecular weight excluding hydrogens is 257 g/mol. The first-order valence-electron chi connectivity index (χ1n) is 7.03. The van der Waals surface area contributed by atoms with Crippen LogP contribution >= 0.6 is 0 Å². The van der Waals surface area contributed by atoms with Crippen LogP contribution in [0.1, 0.15) is 38.1 Å². The minimum absolute atomic E-state index is 0.0579. The molecule has 0 spiro atoms. The predicted molar refractivity (Wildman–Crippen MR) is 78.5 cm³/mol. The van der Waals surface area contributed by atoms with Crippen molar-refractivity contribution in [2.45, 2.75) is 27.7 Å². The fourth-order valence-corrected chi connectivity index (χ4v) is 2.26. The molecule has 3 nitrogen and oxygen atoms in total. The van der Waals surface area contributed by atoms with E-state index in [0.717, 1.165) is 25.2 Å². The fraction of sp³-hybridized carbons (Fsp3) is 0.562. The van der Waals surface area contributed by atoms with Crippen molar-refractivity contribution in [3.05, 3.63) is 29.6 Å². The number of aromatic hydroxyl groups is 1. The van der Waals surface area contributed by atoms with Gasteiger partial charge in [-0.2, -0.15) is 0 Å². The van der Waals surface area contributed by atoms with Gasteiger partial charge in [-0.15, -0.1) is 0 Å². The lowest BCUT2D eigenvalue weighted by atomic mass is 10.1. The zero-order chi connectivity index (χ0) is 15.3. The van der Waals surface area contributed by atoms with E-state index in [2.05, 4.69) is 32.6 Å². The van der Waals surface area contributed by atoms with Crippen LogP contribution in [0.4, 0.5) is 4.39 Å². The summed E-state index contributed by atoms with van der Waals surface area (Å²) in [5.74, 6) is -0.0236. The average molecular weight is 281 g/mol. The highest BCUT2D eigenvalue weighted by molar-refractivity contribution is 6.00. The summed E-state index contributed by atoms with van der Waals surface area (Å²) in [5.41, 5.74) is 0.0579. The highest BCUT2D eigenvalue weighted by atomic mass is 19.1. The van der Waals surface area contributed by atoms with Crippen LogP contribution in [0.15, 0.2) is 18.2 Å². The van der Waals surface area contributed by atoms with Crippen LogP contribution in [0.3, 0.4) is 0 Å². The van der Waals surface area contributed by atoms with E-state index in [1.54, 1.807) is 0 Å². The molecule has 1 N–H and O–H groups in total. The number of carbonyl (C=O) groups is 1. The van der Waals surface area contributed by atoms with Gasteiger partial charge in [-0.25, -0.2) is 4.39 Å². The number of Topliss-reactive ketones (excluding diaryl/α,β-unsaturated/α-hetero) is 1. The molecule has 0 saturated carbocycles. The van der Waals surface area contributed by atoms with E-state index < -0.39 is 5.82 Å². The van der Waals surface area contributed by atoms with Gasteiger partial charge in [0.05, 0.1) is 12.1 Å². The lowest BCUT2D eigenvalue weighted by Crippen LogP contribution is -2.35. The summed E-state index contributed by atoms with van der Waals surface area (Å²) >= 11 is 0. The van der Waals surface area contributed by atoms with Gasteiger partial charge in [0.1, 0.15) is 11.6 Å². The zero-order valence-electron chi connectivity index (χ0n) is 12.7. The second-order valence-corrected chi connectivity index (χ2v) is 6.07. The Hall–Kier alpha value is -1.42. The van der Waals surface area contributed by atoms with E-state index in [1.165, 1.54) is 6.07 Å². The molecule has 1 aromatic rings. The standard InChI is InChI=1S/C16H24FNO2/c1-11(2)8-18(9-12(3)4)10-16(20)14-7-13(17)5-6-15(14)19/h5-7,11-12,19H,8-10H2,1-4H3. The highest BCUT2D eigenvalue weighted by Gasteiger charge is 2.18. The summed E-state index contributed by atoms with van der Waals surface area (Å²) < 4.78 is 13.2. The Labute approximate surface area is 120 Å². The zero-order valence-corrected chi connectivity index (χ0v) is 12.7. The average Bonchev–Trinajstić information content (AvgIpc) is 2.30. The number of hydrogen-bond acceptors (Lipinski definition) is 3. The third-order valence-corrected chi connectivity index (χ3v) is 2.87. The summed E-state index contributed by atoms with van der Waals surface area (Å²) in [6.07, 6.45) is 0. The minimum Gasteiger partial charge on any atom is -0.507 e. The minimum atomic E-state index is -0.509. The molecule has 0 atom stereocenters. The van der Waals surface area contributed by atoms with Crippen molar-refractivity contribution in [3.63, 3.8) is 0 Å². The molecule has 4 heteroatoms. The molecule has 1 aromatic carbocycles. The number of phenolic OH excluding ortho intramolecular Hbond substituents is 1. The largest absolute Gasteiger partial charge is 0.507 e. The van der Waals surface area contributed by atoms with Crippen LogP contribution < -0.4 is 0 Å². The number of hydrogen-bond donors (Lipinski definition) is 1.